The predicted octanol–water partition coefficient (Wildman–Crippen LogP) is 1.52. The summed E-state index contributed by atoms with van der Waals surface area (Å²) in [5, 5.41) is 6.13. The molecule has 1 aromatic rings. The van der Waals surface area contributed by atoms with Gasteiger partial charge in [0.15, 0.2) is 0 Å². The summed E-state index contributed by atoms with van der Waals surface area (Å²) in [5.74, 6) is 0.845. The molecule has 1 aromatic carbocycles. The fraction of sp³-hybridized carbons (Fsp3) is 0.611. The third kappa shape index (κ3) is 6.47. The van der Waals surface area contributed by atoms with Crippen molar-refractivity contribution in [1.82, 2.24) is 10.6 Å². The van der Waals surface area contributed by atoms with Crippen LogP contribution in [-0.4, -0.2) is 59.6 Å². The highest BCUT2D eigenvalue weighted by atomic mass is 35.5. The van der Waals surface area contributed by atoms with Crippen molar-refractivity contribution in [3.05, 3.63) is 29.8 Å². The maximum atomic E-state index is 12.1. The molecule has 1 aliphatic heterocycles. The Morgan fingerprint density at radius 2 is 1.88 bits per heavy atom. The number of methoxy groups -OCH3 is 2. The van der Waals surface area contributed by atoms with Crippen LogP contribution in [0.3, 0.4) is 0 Å². The Hall–Kier alpha value is -1.34. The number of nitrogens with one attached hydrogen (secondary N) is 2. The van der Waals surface area contributed by atoms with E-state index in [9.17, 15) is 4.79 Å². The third-order valence-electron chi connectivity index (χ3n) is 4.54. The fourth-order valence-electron chi connectivity index (χ4n) is 2.98. The molecule has 2 rings (SSSR count). The van der Waals surface area contributed by atoms with Gasteiger partial charge in [0.25, 0.3) is 0 Å². The Bertz CT molecular complexity index is 504. The molecular formula is C18H29ClN2O4. The Morgan fingerprint density at radius 3 is 2.48 bits per heavy atom. The van der Waals surface area contributed by atoms with Crippen LogP contribution in [0, 0.1) is 0 Å². The molecule has 1 amide bonds. The lowest BCUT2D eigenvalue weighted by Crippen LogP contribution is -2.46. The van der Waals surface area contributed by atoms with Crippen molar-refractivity contribution in [2.24, 2.45) is 0 Å². The number of benzene rings is 1. The zero-order valence-electron chi connectivity index (χ0n) is 15.0. The van der Waals surface area contributed by atoms with E-state index in [4.69, 9.17) is 14.2 Å². The molecule has 6 nitrogen and oxygen atoms in total. The highest BCUT2D eigenvalue weighted by Crippen LogP contribution is 2.35. The van der Waals surface area contributed by atoms with Crippen molar-refractivity contribution in [2.45, 2.75) is 18.3 Å². The molecule has 1 saturated heterocycles. The molecule has 142 valence electrons. The minimum atomic E-state index is -0.0767. The second-order valence-electron chi connectivity index (χ2n) is 6.07. The zero-order valence-corrected chi connectivity index (χ0v) is 15.8. The fourth-order valence-corrected chi connectivity index (χ4v) is 2.98. The Kier molecular flexibility index (Phi) is 9.82. The van der Waals surface area contributed by atoms with Crippen LogP contribution < -0.4 is 15.4 Å². The number of carbonyl (C=O) groups is 1. The Labute approximate surface area is 156 Å². The lowest BCUT2D eigenvalue weighted by atomic mass is 9.74. The molecule has 1 heterocycles. The van der Waals surface area contributed by atoms with Crippen molar-refractivity contribution in [3.63, 3.8) is 0 Å². The summed E-state index contributed by atoms with van der Waals surface area (Å²) in [6.07, 6.45) is 1.80. The van der Waals surface area contributed by atoms with Crippen LogP contribution >= 0.6 is 12.4 Å². The second kappa shape index (κ2) is 11.3. The number of carbonyl (C=O) groups excluding carboxylic acids is 1. The molecular weight excluding hydrogens is 344 g/mol. The molecule has 25 heavy (non-hydrogen) atoms. The molecule has 2 N–H and O–H groups in total. The van der Waals surface area contributed by atoms with E-state index in [-0.39, 0.29) is 23.7 Å². The van der Waals surface area contributed by atoms with Gasteiger partial charge in [-0.25, -0.2) is 0 Å². The lowest BCUT2D eigenvalue weighted by Gasteiger charge is -2.38. The number of hydrogen-bond acceptors (Lipinski definition) is 5. The summed E-state index contributed by atoms with van der Waals surface area (Å²) in [4.78, 5) is 12.1. The van der Waals surface area contributed by atoms with Crippen molar-refractivity contribution in [1.29, 1.82) is 0 Å². The van der Waals surface area contributed by atoms with Crippen molar-refractivity contribution in [3.8, 4) is 5.75 Å². The average Bonchev–Trinajstić information content (AvgIpc) is 2.64. The minimum Gasteiger partial charge on any atom is -0.497 e. The molecule has 1 fully saturated rings. The van der Waals surface area contributed by atoms with E-state index in [1.807, 2.05) is 12.1 Å². The van der Waals surface area contributed by atoms with Crippen LogP contribution in [0.25, 0.3) is 0 Å². The first-order valence-electron chi connectivity index (χ1n) is 8.39. The van der Waals surface area contributed by atoms with Gasteiger partial charge >= 0.3 is 0 Å². The molecule has 7 heteroatoms. The maximum Gasteiger partial charge on any atom is 0.233 e. The van der Waals surface area contributed by atoms with Gasteiger partial charge in [-0.15, -0.1) is 12.4 Å². The van der Waals surface area contributed by atoms with E-state index in [2.05, 4.69) is 22.8 Å². The largest absolute Gasteiger partial charge is 0.497 e. The van der Waals surface area contributed by atoms with Gasteiger partial charge in [-0.05, 0) is 30.5 Å². The first-order chi connectivity index (χ1) is 11.7. The van der Waals surface area contributed by atoms with Gasteiger partial charge in [0.05, 0.1) is 20.3 Å². The summed E-state index contributed by atoms with van der Waals surface area (Å²) in [6.45, 7) is 3.62. The summed E-state index contributed by atoms with van der Waals surface area (Å²) < 4.78 is 15.7. The Morgan fingerprint density at radius 1 is 1.20 bits per heavy atom. The molecule has 0 radical (unpaired) electrons. The number of amides is 1. The van der Waals surface area contributed by atoms with Gasteiger partial charge in [0, 0.05) is 38.8 Å². The molecule has 0 saturated carbocycles. The first kappa shape index (κ1) is 21.7. The minimum absolute atomic E-state index is 0. The van der Waals surface area contributed by atoms with Crippen molar-refractivity contribution >= 4 is 18.3 Å². The monoisotopic (exact) mass is 372 g/mol. The summed E-state index contributed by atoms with van der Waals surface area (Å²) in [7, 11) is 3.31. The molecule has 0 bridgehead atoms. The predicted molar refractivity (Wildman–Crippen MR) is 99.7 cm³/mol. The highest BCUT2D eigenvalue weighted by molar-refractivity contribution is 5.85. The van der Waals surface area contributed by atoms with Gasteiger partial charge in [0.2, 0.25) is 5.91 Å². The lowest BCUT2D eigenvalue weighted by molar-refractivity contribution is -0.120. The smallest absolute Gasteiger partial charge is 0.233 e. The first-order valence-corrected chi connectivity index (χ1v) is 8.39. The van der Waals surface area contributed by atoms with Gasteiger partial charge in [0.1, 0.15) is 5.75 Å². The van der Waals surface area contributed by atoms with Crippen LogP contribution in [0.5, 0.6) is 5.75 Å². The molecule has 0 atom stereocenters. The number of hydrogen-bond donors (Lipinski definition) is 2. The van der Waals surface area contributed by atoms with Gasteiger partial charge in [-0.2, -0.15) is 0 Å². The number of ether oxygens (including phenoxy) is 3. The average molecular weight is 373 g/mol. The van der Waals surface area contributed by atoms with Crippen LogP contribution in [0.1, 0.15) is 18.4 Å². The van der Waals surface area contributed by atoms with E-state index in [0.29, 0.717) is 39.5 Å². The standard InChI is InChI=1S/C18H28N2O4.ClH/c1-22-12-9-19-13-17(21)20-14-18(7-10-24-11-8-18)15-3-5-16(23-2)6-4-15;/h3-6,19H,7-14H2,1-2H3,(H,20,21);1H. The van der Waals surface area contributed by atoms with Gasteiger partial charge < -0.3 is 24.8 Å². The normalized spacial score (nSPS) is 15.9. The molecule has 0 spiro atoms. The molecule has 0 aliphatic carbocycles. The van der Waals surface area contributed by atoms with E-state index in [1.165, 1.54) is 5.56 Å². The topological polar surface area (TPSA) is 68.8 Å². The SMILES string of the molecule is COCCNCC(=O)NCC1(c2ccc(OC)cc2)CCOCC1.Cl. The van der Waals surface area contributed by atoms with Crippen LogP contribution in [-0.2, 0) is 19.7 Å². The second-order valence-corrected chi connectivity index (χ2v) is 6.07. The van der Waals surface area contributed by atoms with Crippen LogP contribution in [0.4, 0.5) is 0 Å². The van der Waals surface area contributed by atoms with E-state index >= 15 is 0 Å². The van der Waals surface area contributed by atoms with Crippen molar-refractivity contribution < 1.29 is 19.0 Å². The van der Waals surface area contributed by atoms with Crippen LogP contribution in [0.2, 0.25) is 0 Å². The van der Waals surface area contributed by atoms with Gasteiger partial charge in [-0.1, -0.05) is 12.1 Å². The molecule has 0 aromatic heterocycles. The zero-order chi connectivity index (χ0) is 17.3. The van der Waals surface area contributed by atoms with Gasteiger partial charge in [-0.3, -0.25) is 4.79 Å². The number of rotatable bonds is 9. The summed E-state index contributed by atoms with van der Waals surface area (Å²) in [6, 6.07) is 8.13. The van der Waals surface area contributed by atoms with E-state index < -0.39 is 0 Å². The van der Waals surface area contributed by atoms with Crippen LogP contribution in [0.15, 0.2) is 24.3 Å². The summed E-state index contributed by atoms with van der Waals surface area (Å²) in [5.41, 5.74) is 1.14. The quantitative estimate of drug-likeness (QED) is 0.643. The maximum absolute atomic E-state index is 12.1. The van der Waals surface area contributed by atoms with E-state index in [1.54, 1.807) is 14.2 Å². The third-order valence-corrected chi connectivity index (χ3v) is 4.54. The Balaban J connectivity index is 0.00000312. The van der Waals surface area contributed by atoms with Crippen molar-refractivity contribution in [2.75, 3.05) is 53.7 Å². The summed E-state index contributed by atoms with van der Waals surface area (Å²) >= 11 is 0. The number of halogens is 1. The molecule has 0 unspecified atom stereocenters. The molecule has 1 aliphatic rings. The van der Waals surface area contributed by atoms with E-state index in [0.717, 1.165) is 18.6 Å². The highest BCUT2D eigenvalue weighted by Gasteiger charge is 2.34.